The summed E-state index contributed by atoms with van der Waals surface area (Å²) in [4.78, 5) is 104. The number of guanidine groups is 1. The maximum atomic E-state index is 14.1. The molecular formula is C37H47N13O11S2. The van der Waals surface area contributed by atoms with Gasteiger partial charge in [0, 0.05) is 37.3 Å². The molecule has 12 N–H and O–H groups in total. The van der Waals surface area contributed by atoms with Crippen LogP contribution in [0.15, 0.2) is 63.0 Å². The number of aliphatic carboxylic acids is 1. The molecule has 1 aliphatic rings. The first-order valence-corrected chi connectivity index (χ1v) is 21.5. The zero-order valence-corrected chi connectivity index (χ0v) is 35.4. The summed E-state index contributed by atoms with van der Waals surface area (Å²) in [6.07, 6.45) is 2.38. The van der Waals surface area contributed by atoms with Gasteiger partial charge in [-0.25, -0.2) is 9.97 Å². The number of aromatic nitrogens is 2. The zero-order chi connectivity index (χ0) is 46.1. The van der Waals surface area contributed by atoms with E-state index in [1.54, 1.807) is 6.07 Å². The molecule has 3 atom stereocenters. The van der Waals surface area contributed by atoms with Crippen molar-refractivity contribution in [3.8, 4) is 0 Å². The van der Waals surface area contributed by atoms with Gasteiger partial charge in [-0.2, -0.15) is 13.5 Å². The van der Waals surface area contributed by atoms with E-state index in [0.29, 0.717) is 12.8 Å². The molecule has 26 heteroatoms. The average molecular weight is 914 g/mol. The number of fused-ring (bicyclic) bond motifs is 2. The Labute approximate surface area is 364 Å². The molecule has 3 heterocycles. The minimum atomic E-state index is -4.47. The van der Waals surface area contributed by atoms with Crippen molar-refractivity contribution >= 4 is 86.0 Å². The topological polar surface area (TPSA) is 372 Å². The third-order valence-corrected chi connectivity index (χ3v) is 10.8. The number of hydrogen-bond donors (Lipinski definition) is 10. The van der Waals surface area contributed by atoms with Crippen molar-refractivity contribution in [1.29, 1.82) is 0 Å². The second-order valence-electron chi connectivity index (χ2n) is 13.8. The van der Waals surface area contributed by atoms with Gasteiger partial charge in [0.05, 0.1) is 36.9 Å². The number of rotatable bonds is 16. The van der Waals surface area contributed by atoms with Gasteiger partial charge < -0.3 is 48.1 Å². The second-order valence-corrected chi connectivity index (χ2v) is 16.1. The van der Waals surface area contributed by atoms with Crippen molar-refractivity contribution in [2.75, 3.05) is 37.4 Å². The number of benzene rings is 1. The molecule has 0 saturated carbocycles. The lowest BCUT2D eigenvalue weighted by molar-refractivity contribution is -0.142. The normalized spacial score (nSPS) is 18.0. The van der Waals surface area contributed by atoms with Crippen molar-refractivity contribution < 1.29 is 51.6 Å². The number of carboxylic acid groups (broad SMARTS) is 1. The molecule has 4 rings (SSSR count). The molecule has 6 amide bonds. The highest BCUT2D eigenvalue weighted by Crippen LogP contribution is 2.18. The van der Waals surface area contributed by atoms with Gasteiger partial charge in [0.1, 0.15) is 28.8 Å². The first-order chi connectivity index (χ1) is 29.9. The second kappa shape index (κ2) is 23.2. The highest BCUT2D eigenvalue weighted by atomic mass is 32.2. The predicted molar refractivity (Wildman–Crippen MR) is 228 cm³/mol. The van der Waals surface area contributed by atoms with Crippen LogP contribution >= 0.6 is 11.3 Å². The van der Waals surface area contributed by atoms with Crippen molar-refractivity contribution in [2.45, 2.75) is 68.0 Å². The Hall–Kier alpha value is -7.06. The summed E-state index contributed by atoms with van der Waals surface area (Å²) in [6.45, 7) is -0.407. The number of hydrazone groups is 1. The van der Waals surface area contributed by atoms with Gasteiger partial charge in [0.15, 0.2) is 11.1 Å². The van der Waals surface area contributed by atoms with Crippen LogP contribution in [0.25, 0.3) is 0 Å². The lowest BCUT2D eigenvalue weighted by Gasteiger charge is -2.31. The average Bonchev–Trinajstić information content (AvgIpc) is 3.66. The van der Waals surface area contributed by atoms with E-state index in [1.165, 1.54) is 55.2 Å². The SMILES string of the molecule is CN1C(=O)[C@@H](CCCCNC(=O)c2ccc(N/N=C\c3ccccc3S(=O)(=O)O)nc2)NC(=O)Cc2csc(n2)NC(=O)[C@H](CC(=O)O)NC(=O)CNC(=O)[C@@H]1CCCN=C(N)N. The molecule has 3 aromatic rings. The number of carbonyl (C=O) groups is 7. The van der Waals surface area contributed by atoms with Gasteiger partial charge in [-0.15, -0.1) is 11.3 Å². The van der Waals surface area contributed by atoms with E-state index in [2.05, 4.69) is 52.1 Å². The lowest BCUT2D eigenvalue weighted by Crippen LogP contribution is -2.55. The highest BCUT2D eigenvalue weighted by molar-refractivity contribution is 7.86. The first-order valence-electron chi connectivity index (χ1n) is 19.2. The fraction of sp³-hybridized carbons (Fsp3) is 0.378. The Bertz CT molecular complexity index is 2320. The number of unbranched alkanes of at least 4 members (excludes halogenated alkanes) is 1. The summed E-state index contributed by atoms with van der Waals surface area (Å²) in [6, 6.07) is 4.73. The van der Waals surface area contributed by atoms with Crippen molar-refractivity contribution in [3.63, 3.8) is 0 Å². The molecule has 0 radical (unpaired) electrons. The number of pyridine rings is 1. The van der Waals surface area contributed by atoms with E-state index in [-0.39, 0.29) is 77.4 Å². The number of carboxylic acids is 1. The van der Waals surface area contributed by atoms with Gasteiger partial charge in [0.25, 0.3) is 16.0 Å². The smallest absolute Gasteiger partial charge is 0.305 e. The number of likely N-dealkylation sites (N-methyl/N-ethyl adjacent to an activating group) is 1. The number of aliphatic imine (C=N–C) groups is 1. The van der Waals surface area contributed by atoms with Gasteiger partial charge in [-0.05, 0) is 50.3 Å². The zero-order valence-electron chi connectivity index (χ0n) is 33.8. The molecule has 2 bridgehead atoms. The van der Waals surface area contributed by atoms with Crippen LogP contribution in [-0.2, 0) is 45.3 Å². The summed E-state index contributed by atoms with van der Waals surface area (Å²) in [5, 5.41) is 27.4. The van der Waals surface area contributed by atoms with Crippen LogP contribution in [0.5, 0.6) is 0 Å². The Morgan fingerprint density at radius 3 is 2.44 bits per heavy atom. The van der Waals surface area contributed by atoms with Gasteiger partial charge >= 0.3 is 5.97 Å². The van der Waals surface area contributed by atoms with E-state index in [4.69, 9.17) is 11.5 Å². The summed E-state index contributed by atoms with van der Waals surface area (Å²) in [5.74, 6) is -5.58. The van der Waals surface area contributed by atoms with Crippen LogP contribution < -0.4 is 43.5 Å². The summed E-state index contributed by atoms with van der Waals surface area (Å²) < 4.78 is 32.6. The van der Waals surface area contributed by atoms with Crippen LogP contribution in [-0.4, -0.2) is 131 Å². The van der Waals surface area contributed by atoms with Crippen LogP contribution in [0.2, 0.25) is 0 Å². The minimum absolute atomic E-state index is 0.0233. The predicted octanol–water partition coefficient (Wildman–Crippen LogP) is -1.23. The molecule has 338 valence electrons. The van der Waals surface area contributed by atoms with E-state index < -0.39 is 82.6 Å². The number of carbonyl (C=O) groups excluding carboxylic acids is 6. The monoisotopic (exact) mass is 913 g/mol. The van der Waals surface area contributed by atoms with Crippen molar-refractivity contribution in [1.82, 2.24) is 36.1 Å². The fourth-order valence-electron chi connectivity index (χ4n) is 5.97. The Morgan fingerprint density at radius 2 is 1.75 bits per heavy atom. The third-order valence-electron chi connectivity index (χ3n) is 9.07. The quantitative estimate of drug-likeness (QED) is 0.0264. The summed E-state index contributed by atoms with van der Waals surface area (Å²) >= 11 is 0.950. The molecule has 0 unspecified atom stereocenters. The molecule has 1 aliphatic heterocycles. The van der Waals surface area contributed by atoms with Crippen LogP contribution in [0, 0.1) is 0 Å². The lowest BCUT2D eigenvalue weighted by atomic mass is 10.0. The highest BCUT2D eigenvalue weighted by Gasteiger charge is 2.33. The molecule has 63 heavy (non-hydrogen) atoms. The molecule has 0 aliphatic carbocycles. The number of nitrogens with zero attached hydrogens (tertiary/aromatic N) is 5. The van der Waals surface area contributed by atoms with Gasteiger partial charge in [0.2, 0.25) is 29.5 Å². The standard InChI is InChI=1S/C37H47N13O11S2/c1-50-26(9-6-14-41-36(38)39)34(57)43-19-30(52)47-25(16-31(53)54)33(56)48-37-45-23(20-62-37)15-29(51)46-24(35(50)58)8-4-5-13-40-32(55)22-11-12-28(42-17-22)49-44-18-21-7-2-3-10-27(21)63(59,60)61/h2-3,7,10-12,17-18,20,24-26H,4-6,8-9,13-16,19H2,1H3,(H,40,55)(H,42,49)(H,43,57)(H,46,51)(H,47,52)(H,53,54)(H4,38,39,41)(H,45,48,56)(H,59,60,61)/b44-18-/t24-,25+,26+/m1/s1. The van der Waals surface area contributed by atoms with Gasteiger partial charge in [-0.3, -0.25) is 48.5 Å². The number of nitrogens with two attached hydrogens (primary N) is 2. The van der Waals surface area contributed by atoms with E-state index >= 15 is 0 Å². The largest absolute Gasteiger partial charge is 0.481 e. The Morgan fingerprint density at radius 1 is 1.00 bits per heavy atom. The van der Waals surface area contributed by atoms with Gasteiger partial charge in [-0.1, -0.05) is 18.2 Å². The Balaban J connectivity index is 1.42. The molecule has 1 aromatic carbocycles. The Kier molecular flexibility index (Phi) is 17.9. The molecule has 2 aromatic heterocycles. The molecule has 0 fully saturated rings. The molecule has 24 nitrogen and oxygen atoms in total. The van der Waals surface area contributed by atoms with E-state index in [9.17, 15) is 51.6 Å². The fourth-order valence-corrected chi connectivity index (χ4v) is 7.36. The molecular weight excluding hydrogens is 867 g/mol. The van der Waals surface area contributed by atoms with E-state index in [1.807, 2.05) is 0 Å². The number of anilines is 2. The van der Waals surface area contributed by atoms with E-state index in [0.717, 1.165) is 16.2 Å². The number of nitrogens with one attached hydrogen (secondary N) is 6. The number of amides is 6. The first kappa shape index (κ1) is 48.6. The number of hydrogen-bond acceptors (Lipinski definition) is 15. The summed E-state index contributed by atoms with van der Waals surface area (Å²) in [7, 11) is -3.12. The molecule has 0 saturated heterocycles. The molecule has 0 spiro atoms. The number of thiazole rings is 1. The van der Waals surface area contributed by atoms with Crippen LogP contribution in [0.3, 0.4) is 0 Å². The maximum Gasteiger partial charge on any atom is 0.305 e. The van der Waals surface area contributed by atoms with Crippen LogP contribution in [0.1, 0.15) is 60.1 Å². The van der Waals surface area contributed by atoms with Crippen molar-refractivity contribution in [2.24, 2.45) is 21.6 Å². The van der Waals surface area contributed by atoms with Crippen molar-refractivity contribution in [3.05, 3.63) is 64.8 Å². The maximum absolute atomic E-state index is 14.1. The van der Waals surface area contributed by atoms with Crippen LogP contribution in [0.4, 0.5) is 10.9 Å². The summed E-state index contributed by atoms with van der Waals surface area (Å²) in [5.41, 5.74) is 14.0. The third kappa shape index (κ3) is 15.7. The minimum Gasteiger partial charge on any atom is -0.481 e.